The third kappa shape index (κ3) is 2.84. The van der Waals surface area contributed by atoms with Gasteiger partial charge in [-0.1, -0.05) is 0 Å². The van der Waals surface area contributed by atoms with Gasteiger partial charge in [0.15, 0.2) is 5.82 Å². The molecule has 2 aliphatic heterocycles. The molecular weight excluding hydrogens is 320 g/mol. The average Bonchev–Trinajstić information content (AvgIpc) is 3.29. The molecule has 8 heteroatoms. The molecule has 4 rings (SSSR count). The Morgan fingerprint density at radius 3 is 2.88 bits per heavy atom. The highest BCUT2D eigenvalue weighted by molar-refractivity contribution is 5.95. The first-order valence-electron chi connectivity index (χ1n) is 9.02. The van der Waals surface area contributed by atoms with Crippen LogP contribution in [0.3, 0.4) is 0 Å². The first-order valence-corrected chi connectivity index (χ1v) is 9.02. The van der Waals surface area contributed by atoms with E-state index in [-0.39, 0.29) is 11.9 Å². The van der Waals surface area contributed by atoms with E-state index in [0.29, 0.717) is 12.5 Å². The van der Waals surface area contributed by atoms with E-state index in [1.807, 2.05) is 34.2 Å². The number of fused-ring (bicyclic) bond motifs is 1. The van der Waals surface area contributed by atoms with E-state index >= 15 is 0 Å². The van der Waals surface area contributed by atoms with Gasteiger partial charge in [-0.25, -0.2) is 0 Å². The van der Waals surface area contributed by atoms with Crippen LogP contribution in [0.2, 0.25) is 0 Å². The normalized spacial score (nSPS) is 21.4. The molecule has 1 atom stereocenters. The largest absolute Gasteiger partial charge is 0.381 e. The number of hydrogen-bond acceptors (Lipinski definition) is 5. The van der Waals surface area contributed by atoms with Crippen LogP contribution < -0.4 is 0 Å². The fraction of sp³-hybridized carbons (Fsp3) is 0.647. The van der Waals surface area contributed by atoms with Crippen molar-refractivity contribution in [3.05, 3.63) is 29.6 Å². The highest BCUT2D eigenvalue weighted by Gasteiger charge is 2.33. The number of amides is 1. The second-order valence-corrected chi connectivity index (χ2v) is 6.73. The number of carbonyl (C=O) groups is 1. The molecule has 25 heavy (non-hydrogen) atoms. The standard InChI is InChI=1S/C17H24N6O2/c1-3-22-10-14(15(20-22)13-4-8-25-9-5-13)17(24)23-7-6-21-11-18-19-16(21)12(23)2/h10-13H,3-9H2,1-2H3. The molecule has 2 aromatic heterocycles. The van der Waals surface area contributed by atoms with Gasteiger partial charge in [0.1, 0.15) is 6.33 Å². The van der Waals surface area contributed by atoms with Crippen molar-refractivity contribution in [1.82, 2.24) is 29.4 Å². The molecule has 1 unspecified atom stereocenters. The molecule has 0 saturated carbocycles. The maximum Gasteiger partial charge on any atom is 0.258 e. The summed E-state index contributed by atoms with van der Waals surface area (Å²) in [5, 5.41) is 12.9. The summed E-state index contributed by atoms with van der Waals surface area (Å²) in [6.07, 6.45) is 5.48. The Bertz CT molecular complexity index is 761. The number of aromatic nitrogens is 5. The van der Waals surface area contributed by atoms with Crippen LogP contribution in [0.25, 0.3) is 0 Å². The van der Waals surface area contributed by atoms with Gasteiger partial charge in [-0.15, -0.1) is 10.2 Å². The third-order valence-corrected chi connectivity index (χ3v) is 5.28. The zero-order chi connectivity index (χ0) is 17.4. The number of aryl methyl sites for hydroxylation is 1. The Balaban J connectivity index is 1.64. The first kappa shape index (κ1) is 16.3. The van der Waals surface area contributed by atoms with Gasteiger partial charge in [-0.3, -0.25) is 9.48 Å². The number of nitrogens with zero attached hydrogens (tertiary/aromatic N) is 6. The van der Waals surface area contributed by atoms with Crippen LogP contribution in [0, 0.1) is 0 Å². The number of rotatable bonds is 3. The number of hydrogen-bond donors (Lipinski definition) is 0. The maximum absolute atomic E-state index is 13.3. The van der Waals surface area contributed by atoms with Gasteiger partial charge >= 0.3 is 0 Å². The van der Waals surface area contributed by atoms with Crippen LogP contribution >= 0.6 is 0 Å². The lowest BCUT2D eigenvalue weighted by molar-refractivity contribution is 0.0629. The molecule has 1 amide bonds. The quantitative estimate of drug-likeness (QED) is 0.845. The second-order valence-electron chi connectivity index (χ2n) is 6.73. The van der Waals surface area contributed by atoms with E-state index in [1.165, 1.54) is 0 Å². The van der Waals surface area contributed by atoms with Crippen molar-refractivity contribution in [2.24, 2.45) is 0 Å². The molecule has 0 radical (unpaired) electrons. The minimum absolute atomic E-state index is 0.0444. The van der Waals surface area contributed by atoms with Gasteiger partial charge < -0.3 is 14.2 Å². The molecule has 0 aromatic carbocycles. The van der Waals surface area contributed by atoms with Crippen LogP contribution in [0.4, 0.5) is 0 Å². The van der Waals surface area contributed by atoms with Crippen molar-refractivity contribution in [2.75, 3.05) is 19.8 Å². The fourth-order valence-electron chi connectivity index (χ4n) is 3.78. The summed E-state index contributed by atoms with van der Waals surface area (Å²) in [6.45, 7) is 7.67. The summed E-state index contributed by atoms with van der Waals surface area (Å²) in [7, 11) is 0. The molecule has 4 heterocycles. The van der Waals surface area contributed by atoms with E-state index in [1.54, 1.807) is 6.33 Å². The molecule has 0 aliphatic carbocycles. The van der Waals surface area contributed by atoms with E-state index in [2.05, 4.69) is 10.2 Å². The summed E-state index contributed by atoms with van der Waals surface area (Å²) in [4.78, 5) is 15.2. The van der Waals surface area contributed by atoms with Crippen molar-refractivity contribution < 1.29 is 9.53 Å². The minimum Gasteiger partial charge on any atom is -0.381 e. The molecule has 8 nitrogen and oxygen atoms in total. The zero-order valence-corrected chi connectivity index (χ0v) is 14.8. The Morgan fingerprint density at radius 1 is 1.32 bits per heavy atom. The van der Waals surface area contributed by atoms with Crippen molar-refractivity contribution in [1.29, 1.82) is 0 Å². The lowest BCUT2D eigenvalue weighted by Crippen LogP contribution is -2.41. The summed E-state index contributed by atoms with van der Waals surface area (Å²) >= 11 is 0. The van der Waals surface area contributed by atoms with Gasteiger partial charge in [0.25, 0.3) is 5.91 Å². The molecule has 2 aromatic rings. The van der Waals surface area contributed by atoms with Gasteiger partial charge in [-0.2, -0.15) is 5.10 Å². The lowest BCUT2D eigenvalue weighted by atomic mass is 9.93. The molecule has 0 spiro atoms. The van der Waals surface area contributed by atoms with Gasteiger partial charge in [0.2, 0.25) is 0 Å². The fourth-order valence-corrected chi connectivity index (χ4v) is 3.78. The predicted molar refractivity (Wildman–Crippen MR) is 90.2 cm³/mol. The zero-order valence-electron chi connectivity index (χ0n) is 14.8. The highest BCUT2D eigenvalue weighted by Crippen LogP contribution is 2.31. The minimum atomic E-state index is -0.0868. The number of carbonyl (C=O) groups excluding carboxylic acids is 1. The molecule has 1 saturated heterocycles. The first-order chi connectivity index (χ1) is 12.2. The van der Waals surface area contributed by atoms with Gasteiger partial charge in [-0.05, 0) is 26.7 Å². The topological polar surface area (TPSA) is 78.1 Å². The van der Waals surface area contributed by atoms with Crippen LogP contribution in [0.15, 0.2) is 12.5 Å². The third-order valence-electron chi connectivity index (χ3n) is 5.28. The Hall–Kier alpha value is -2.22. The van der Waals surface area contributed by atoms with Crippen LogP contribution in [-0.4, -0.2) is 55.1 Å². The summed E-state index contributed by atoms with van der Waals surface area (Å²) in [5.74, 6) is 1.18. The van der Waals surface area contributed by atoms with Crippen molar-refractivity contribution >= 4 is 5.91 Å². The van der Waals surface area contributed by atoms with E-state index in [9.17, 15) is 4.79 Å². The molecule has 0 bridgehead atoms. The molecule has 0 N–H and O–H groups in total. The van der Waals surface area contributed by atoms with Gasteiger partial charge in [0.05, 0.1) is 17.3 Å². The Kier molecular flexibility index (Phi) is 4.29. The highest BCUT2D eigenvalue weighted by atomic mass is 16.5. The number of ether oxygens (including phenoxy) is 1. The second kappa shape index (κ2) is 6.59. The lowest BCUT2D eigenvalue weighted by Gasteiger charge is -2.33. The predicted octanol–water partition coefficient (Wildman–Crippen LogP) is 1.61. The SMILES string of the molecule is CCn1cc(C(=O)N2CCn3cnnc3C2C)c(C2CCOCC2)n1. The Morgan fingerprint density at radius 2 is 2.12 bits per heavy atom. The monoisotopic (exact) mass is 344 g/mol. The van der Waals surface area contributed by atoms with Crippen LogP contribution in [0.5, 0.6) is 0 Å². The van der Waals surface area contributed by atoms with Crippen molar-refractivity contribution in [3.8, 4) is 0 Å². The van der Waals surface area contributed by atoms with E-state index < -0.39 is 0 Å². The summed E-state index contributed by atoms with van der Waals surface area (Å²) < 4.78 is 9.36. The maximum atomic E-state index is 13.3. The van der Waals surface area contributed by atoms with Crippen LogP contribution in [0.1, 0.15) is 60.5 Å². The average molecular weight is 344 g/mol. The Labute approximate surface area is 146 Å². The molecule has 1 fully saturated rings. The summed E-state index contributed by atoms with van der Waals surface area (Å²) in [6, 6.07) is -0.0868. The van der Waals surface area contributed by atoms with E-state index in [4.69, 9.17) is 9.84 Å². The van der Waals surface area contributed by atoms with Gasteiger partial charge in [0, 0.05) is 45.0 Å². The smallest absolute Gasteiger partial charge is 0.258 e. The molecule has 134 valence electrons. The van der Waals surface area contributed by atoms with Crippen molar-refractivity contribution in [3.63, 3.8) is 0 Å². The molecule has 2 aliphatic rings. The van der Waals surface area contributed by atoms with Crippen LogP contribution in [-0.2, 0) is 17.8 Å². The van der Waals surface area contributed by atoms with E-state index in [0.717, 1.165) is 56.2 Å². The summed E-state index contributed by atoms with van der Waals surface area (Å²) in [5.41, 5.74) is 1.66. The molecular formula is C17H24N6O2. The van der Waals surface area contributed by atoms with Crippen molar-refractivity contribution in [2.45, 2.75) is 51.7 Å².